The molecule has 0 bridgehead atoms. The molecule has 10 heteroatoms. The summed E-state index contributed by atoms with van der Waals surface area (Å²) in [6.07, 6.45) is 5.53. The first-order chi connectivity index (χ1) is 15.8. The summed E-state index contributed by atoms with van der Waals surface area (Å²) in [5.41, 5.74) is 2.33. The molecular formula is C23H29N7O3. The molecule has 33 heavy (non-hydrogen) atoms. The monoisotopic (exact) mass is 451 g/mol. The van der Waals surface area contributed by atoms with Gasteiger partial charge in [0.2, 0.25) is 5.43 Å². The number of carbonyl (C=O) groups excluding carboxylic acids is 1. The lowest BCUT2D eigenvalue weighted by Crippen LogP contribution is -2.67. The van der Waals surface area contributed by atoms with Gasteiger partial charge in [0.1, 0.15) is 11.3 Å². The van der Waals surface area contributed by atoms with Crippen LogP contribution in [0.15, 0.2) is 29.3 Å². The van der Waals surface area contributed by atoms with Crippen LogP contribution in [0.1, 0.15) is 46.2 Å². The van der Waals surface area contributed by atoms with Crippen molar-refractivity contribution in [3.8, 4) is 5.69 Å². The number of carbonyl (C=O) groups is 1. The topological polar surface area (TPSA) is 109 Å². The lowest BCUT2D eigenvalue weighted by atomic mass is 9.81. The molecule has 0 unspecified atom stereocenters. The number of hydrogen-bond donors (Lipinski definition) is 1. The number of ether oxygens (including phenoxy) is 1. The van der Waals surface area contributed by atoms with Crippen molar-refractivity contribution in [2.24, 2.45) is 0 Å². The molecule has 10 nitrogen and oxygen atoms in total. The highest BCUT2D eigenvalue weighted by atomic mass is 16.6. The zero-order valence-corrected chi connectivity index (χ0v) is 19.4. The third kappa shape index (κ3) is 3.73. The number of amides is 1. The zero-order valence-electron chi connectivity index (χ0n) is 19.4. The van der Waals surface area contributed by atoms with Crippen molar-refractivity contribution < 1.29 is 9.53 Å². The smallest absolute Gasteiger partial charge is 0.410 e. The van der Waals surface area contributed by atoms with Crippen molar-refractivity contribution in [1.29, 1.82) is 0 Å². The summed E-state index contributed by atoms with van der Waals surface area (Å²) < 4.78 is 5.62. The number of pyridine rings is 2. The van der Waals surface area contributed by atoms with Gasteiger partial charge in [0, 0.05) is 37.2 Å². The molecule has 174 valence electrons. The highest BCUT2D eigenvalue weighted by molar-refractivity contribution is 5.77. The lowest BCUT2D eigenvalue weighted by molar-refractivity contribution is -0.00449. The Morgan fingerprint density at radius 3 is 2.52 bits per heavy atom. The number of fused-ring (bicyclic) bond motifs is 2. The fraction of sp³-hybridized carbons (Fsp3) is 0.522. The maximum absolute atomic E-state index is 13.6. The van der Waals surface area contributed by atoms with Crippen LogP contribution in [-0.4, -0.2) is 66.7 Å². The number of nitrogens with zero attached hydrogens (tertiary/aromatic N) is 6. The van der Waals surface area contributed by atoms with Gasteiger partial charge in [-0.1, -0.05) is 6.92 Å². The third-order valence-electron chi connectivity index (χ3n) is 6.35. The van der Waals surface area contributed by atoms with Crippen LogP contribution in [0.2, 0.25) is 0 Å². The van der Waals surface area contributed by atoms with E-state index in [0.717, 1.165) is 24.2 Å². The second kappa shape index (κ2) is 7.86. The molecule has 2 aliphatic rings. The van der Waals surface area contributed by atoms with E-state index in [1.165, 1.54) is 4.80 Å². The molecule has 1 saturated carbocycles. The van der Waals surface area contributed by atoms with Crippen LogP contribution in [0, 0.1) is 0 Å². The fourth-order valence-electron chi connectivity index (χ4n) is 4.71. The highest BCUT2D eigenvalue weighted by Gasteiger charge is 2.47. The minimum absolute atomic E-state index is 0.0425. The molecule has 1 aliphatic heterocycles. The van der Waals surface area contributed by atoms with Crippen molar-refractivity contribution in [2.75, 3.05) is 18.0 Å². The Labute approximate surface area is 191 Å². The first-order valence-electron chi connectivity index (χ1n) is 11.5. The van der Waals surface area contributed by atoms with Crippen LogP contribution < -0.4 is 10.3 Å². The van der Waals surface area contributed by atoms with E-state index in [-0.39, 0.29) is 23.6 Å². The third-order valence-corrected chi connectivity index (χ3v) is 6.35. The minimum atomic E-state index is -0.536. The Kier molecular flexibility index (Phi) is 5.10. The van der Waals surface area contributed by atoms with Crippen LogP contribution in [0.25, 0.3) is 16.9 Å². The van der Waals surface area contributed by atoms with Gasteiger partial charge in [-0.15, -0.1) is 15.0 Å². The standard InChI is InChI=1S/C23H29N7O3/c1-5-15-19(20(31)18-21(25-15)27-30(26-18)14-8-10-24-11-9-14)28-12-13-29(17-7-6-16(17)28)22(32)33-23(2,3)4/h8-11,16-17H,5-7,12-13H2,1-4H3,(H,25,27)/t16-,17-/m0/s1. The molecule has 1 saturated heterocycles. The number of piperazine rings is 1. The van der Waals surface area contributed by atoms with Crippen LogP contribution in [0.3, 0.4) is 0 Å². The van der Waals surface area contributed by atoms with Gasteiger partial charge in [0.15, 0.2) is 11.2 Å². The van der Waals surface area contributed by atoms with Gasteiger partial charge in [-0.05, 0) is 52.2 Å². The Morgan fingerprint density at radius 2 is 1.88 bits per heavy atom. The van der Waals surface area contributed by atoms with Gasteiger partial charge in [0.25, 0.3) is 0 Å². The number of rotatable bonds is 3. The van der Waals surface area contributed by atoms with Gasteiger partial charge in [-0.25, -0.2) is 4.79 Å². The van der Waals surface area contributed by atoms with E-state index in [4.69, 9.17) is 4.74 Å². The molecule has 2 fully saturated rings. The number of nitrogens with one attached hydrogen (secondary N) is 1. The predicted octanol–water partition coefficient (Wildman–Crippen LogP) is 2.65. The van der Waals surface area contributed by atoms with Gasteiger partial charge in [0.05, 0.1) is 11.7 Å². The molecule has 4 heterocycles. The van der Waals surface area contributed by atoms with Crippen LogP contribution in [0.5, 0.6) is 0 Å². The van der Waals surface area contributed by atoms with E-state index >= 15 is 0 Å². The first-order valence-corrected chi connectivity index (χ1v) is 11.5. The predicted molar refractivity (Wildman–Crippen MR) is 124 cm³/mol. The molecule has 0 spiro atoms. The molecule has 5 rings (SSSR count). The Balaban J connectivity index is 1.49. The van der Waals surface area contributed by atoms with Crippen molar-refractivity contribution in [3.05, 3.63) is 40.4 Å². The summed E-state index contributed by atoms with van der Waals surface area (Å²) >= 11 is 0. The summed E-state index contributed by atoms with van der Waals surface area (Å²) in [6, 6.07) is 3.71. The van der Waals surface area contributed by atoms with Crippen LogP contribution >= 0.6 is 0 Å². The Hall–Kier alpha value is -3.43. The Bertz CT molecular complexity index is 1240. The molecule has 0 aromatic carbocycles. The quantitative estimate of drug-likeness (QED) is 0.652. The Morgan fingerprint density at radius 1 is 1.15 bits per heavy atom. The normalized spacial score (nSPS) is 20.5. The SMILES string of the molecule is CCc1[nH]c2nn(-c3ccncc3)nc2c(=O)c1N1CCN(C(=O)OC(C)(C)C)[C@H]2CC[C@@H]21. The molecule has 1 amide bonds. The van der Waals surface area contributed by atoms with Crippen molar-refractivity contribution >= 4 is 22.9 Å². The van der Waals surface area contributed by atoms with Gasteiger partial charge < -0.3 is 19.5 Å². The molecule has 2 atom stereocenters. The first kappa shape index (κ1) is 21.4. The number of H-pyrrole nitrogens is 1. The summed E-state index contributed by atoms with van der Waals surface area (Å²) in [4.78, 5) is 39.2. The molecular weight excluding hydrogens is 422 g/mol. The lowest BCUT2D eigenvalue weighted by Gasteiger charge is -2.54. The van der Waals surface area contributed by atoms with E-state index in [9.17, 15) is 9.59 Å². The number of aryl methyl sites for hydroxylation is 1. The van der Waals surface area contributed by atoms with E-state index in [1.54, 1.807) is 24.5 Å². The largest absolute Gasteiger partial charge is 0.444 e. The van der Waals surface area contributed by atoms with E-state index in [0.29, 0.717) is 36.4 Å². The van der Waals surface area contributed by atoms with Gasteiger partial charge in [-0.2, -0.15) is 0 Å². The molecule has 1 aliphatic carbocycles. The average Bonchev–Trinajstić information content (AvgIpc) is 3.18. The maximum atomic E-state index is 13.6. The van der Waals surface area contributed by atoms with Crippen LogP contribution in [-0.2, 0) is 11.2 Å². The van der Waals surface area contributed by atoms with Crippen molar-refractivity contribution in [2.45, 2.75) is 64.6 Å². The summed E-state index contributed by atoms with van der Waals surface area (Å²) in [7, 11) is 0. The number of aromatic nitrogens is 5. The highest BCUT2D eigenvalue weighted by Crippen LogP contribution is 2.37. The molecule has 1 N–H and O–H groups in total. The zero-order chi connectivity index (χ0) is 23.3. The number of hydrogen-bond acceptors (Lipinski definition) is 7. The van der Waals surface area contributed by atoms with Gasteiger partial charge in [-0.3, -0.25) is 9.78 Å². The van der Waals surface area contributed by atoms with Crippen molar-refractivity contribution in [1.82, 2.24) is 29.9 Å². The molecule has 3 aromatic rings. The number of aromatic amines is 1. The fourth-order valence-corrected chi connectivity index (χ4v) is 4.71. The van der Waals surface area contributed by atoms with E-state index < -0.39 is 5.60 Å². The second-order valence-electron chi connectivity index (χ2n) is 9.61. The average molecular weight is 452 g/mol. The van der Waals surface area contributed by atoms with Crippen molar-refractivity contribution in [3.63, 3.8) is 0 Å². The van der Waals surface area contributed by atoms with Gasteiger partial charge >= 0.3 is 6.09 Å². The summed E-state index contributed by atoms with van der Waals surface area (Å²) in [5.74, 6) is 0. The van der Waals surface area contributed by atoms with E-state index in [1.807, 2.05) is 32.6 Å². The number of anilines is 1. The van der Waals surface area contributed by atoms with Crippen LogP contribution in [0.4, 0.5) is 10.5 Å². The van der Waals surface area contributed by atoms with E-state index in [2.05, 4.69) is 25.1 Å². The second-order valence-corrected chi connectivity index (χ2v) is 9.61. The minimum Gasteiger partial charge on any atom is -0.444 e. The maximum Gasteiger partial charge on any atom is 0.410 e. The molecule has 3 aromatic heterocycles. The summed E-state index contributed by atoms with van der Waals surface area (Å²) in [6.45, 7) is 8.73. The summed E-state index contributed by atoms with van der Waals surface area (Å²) in [5, 5.41) is 8.97. The molecule has 0 radical (unpaired) electrons.